The summed E-state index contributed by atoms with van der Waals surface area (Å²) in [6.07, 6.45) is -0.649. The van der Waals surface area contributed by atoms with Gasteiger partial charge in [-0.2, -0.15) is 0 Å². The third-order valence-electron chi connectivity index (χ3n) is 3.51. The van der Waals surface area contributed by atoms with E-state index < -0.39 is 6.10 Å². The van der Waals surface area contributed by atoms with Gasteiger partial charge in [0.25, 0.3) is 0 Å². The van der Waals surface area contributed by atoms with E-state index in [1.165, 1.54) is 12.1 Å². The standard InChI is InChI=1S/C17H21FN2O/c1-19(2)15-8-10-16(11-9-15)20(3)12-17(21)13-4-6-14(18)7-5-13/h4-11,17,21H,12H2,1-3H3. The van der Waals surface area contributed by atoms with Gasteiger partial charge in [-0.25, -0.2) is 4.39 Å². The third-order valence-corrected chi connectivity index (χ3v) is 3.51. The van der Waals surface area contributed by atoms with Crippen molar-refractivity contribution in [2.75, 3.05) is 37.5 Å². The third kappa shape index (κ3) is 3.95. The highest BCUT2D eigenvalue weighted by Crippen LogP contribution is 2.21. The van der Waals surface area contributed by atoms with Crippen molar-refractivity contribution in [3.05, 3.63) is 59.9 Å². The maximum atomic E-state index is 12.9. The minimum Gasteiger partial charge on any atom is -0.387 e. The van der Waals surface area contributed by atoms with Crippen LogP contribution in [0.1, 0.15) is 11.7 Å². The Morgan fingerprint density at radius 3 is 1.95 bits per heavy atom. The first-order chi connectivity index (χ1) is 9.97. The van der Waals surface area contributed by atoms with Gasteiger partial charge < -0.3 is 14.9 Å². The van der Waals surface area contributed by atoms with Crippen LogP contribution in [0, 0.1) is 5.82 Å². The molecule has 3 nitrogen and oxygen atoms in total. The fourth-order valence-electron chi connectivity index (χ4n) is 2.16. The van der Waals surface area contributed by atoms with Gasteiger partial charge in [-0.1, -0.05) is 12.1 Å². The molecular formula is C17H21FN2O. The van der Waals surface area contributed by atoms with Crippen LogP contribution in [0.4, 0.5) is 15.8 Å². The number of hydrogen-bond donors (Lipinski definition) is 1. The number of aliphatic hydroxyl groups is 1. The average Bonchev–Trinajstić information content (AvgIpc) is 2.47. The SMILES string of the molecule is CN(C)c1ccc(N(C)CC(O)c2ccc(F)cc2)cc1. The summed E-state index contributed by atoms with van der Waals surface area (Å²) < 4.78 is 12.9. The van der Waals surface area contributed by atoms with E-state index in [4.69, 9.17) is 0 Å². The molecule has 0 heterocycles. The highest BCUT2D eigenvalue weighted by atomic mass is 19.1. The largest absolute Gasteiger partial charge is 0.387 e. The summed E-state index contributed by atoms with van der Waals surface area (Å²) in [7, 11) is 5.92. The number of aliphatic hydroxyl groups excluding tert-OH is 1. The molecule has 2 aromatic carbocycles. The van der Waals surface area contributed by atoms with Gasteiger partial charge in [0, 0.05) is 39.1 Å². The van der Waals surface area contributed by atoms with Crippen LogP contribution in [-0.4, -0.2) is 32.8 Å². The Hall–Kier alpha value is -2.07. The number of nitrogens with zero attached hydrogens (tertiary/aromatic N) is 2. The number of rotatable bonds is 5. The Morgan fingerprint density at radius 1 is 0.905 bits per heavy atom. The maximum Gasteiger partial charge on any atom is 0.123 e. The van der Waals surface area contributed by atoms with Crippen molar-refractivity contribution < 1.29 is 9.50 Å². The zero-order valence-electron chi connectivity index (χ0n) is 12.6. The lowest BCUT2D eigenvalue weighted by Gasteiger charge is -2.24. The van der Waals surface area contributed by atoms with Crippen LogP contribution in [0.5, 0.6) is 0 Å². The van der Waals surface area contributed by atoms with E-state index >= 15 is 0 Å². The molecule has 0 aliphatic rings. The second-order valence-electron chi connectivity index (χ2n) is 5.36. The van der Waals surface area contributed by atoms with Gasteiger partial charge in [-0.05, 0) is 42.0 Å². The monoisotopic (exact) mass is 288 g/mol. The van der Waals surface area contributed by atoms with Crippen molar-refractivity contribution in [1.29, 1.82) is 0 Å². The average molecular weight is 288 g/mol. The van der Waals surface area contributed by atoms with E-state index in [0.29, 0.717) is 12.1 Å². The topological polar surface area (TPSA) is 26.7 Å². The molecule has 2 rings (SSSR count). The number of halogens is 1. The molecule has 1 N–H and O–H groups in total. The fraction of sp³-hybridized carbons (Fsp3) is 0.294. The molecule has 2 aromatic rings. The lowest BCUT2D eigenvalue weighted by atomic mass is 10.1. The van der Waals surface area contributed by atoms with Crippen molar-refractivity contribution in [3.8, 4) is 0 Å². The Labute approximate surface area is 125 Å². The van der Waals surface area contributed by atoms with Gasteiger partial charge in [0.15, 0.2) is 0 Å². The van der Waals surface area contributed by atoms with E-state index in [9.17, 15) is 9.50 Å². The summed E-state index contributed by atoms with van der Waals surface area (Å²) in [4.78, 5) is 4.02. The van der Waals surface area contributed by atoms with Crippen LogP contribution >= 0.6 is 0 Å². The molecule has 0 aliphatic carbocycles. The molecule has 112 valence electrons. The zero-order valence-corrected chi connectivity index (χ0v) is 12.6. The lowest BCUT2D eigenvalue weighted by molar-refractivity contribution is 0.185. The number of likely N-dealkylation sites (N-methyl/N-ethyl adjacent to an activating group) is 1. The summed E-state index contributed by atoms with van der Waals surface area (Å²) in [5.74, 6) is -0.293. The molecule has 21 heavy (non-hydrogen) atoms. The van der Waals surface area contributed by atoms with Crippen LogP contribution in [0.15, 0.2) is 48.5 Å². The molecule has 0 saturated carbocycles. The Kier molecular flexibility index (Phi) is 4.81. The molecule has 0 aromatic heterocycles. The zero-order chi connectivity index (χ0) is 15.4. The molecular weight excluding hydrogens is 267 g/mol. The summed E-state index contributed by atoms with van der Waals surface area (Å²) in [5.41, 5.74) is 2.88. The molecule has 1 atom stereocenters. The van der Waals surface area contributed by atoms with Crippen molar-refractivity contribution in [1.82, 2.24) is 0 Å². The number of anilines is 2. The molecule has 0 bridgehead atoms. The second kappa shape index (κ2) is 6.59. The smallest absolute Gasteiger partial charge is 0.123 e. The first-order valence-electron chi connectivity index (χ1n) is 6.89. The molecule has 0 spiro atoms. The highest BCUT2D eigenvalue weighted by molar-refractivity contribution is 5.55. The normalized spacial score (nSPS) is 12.0. The Balaban J connectivity index is 2.03. The van der Waals surface area contributed by atoms with E-state index in [2.05, 4.69) is 0 Å². The Morgan fingerprint density at radius 2 is 1.43 bits per heavy atom. The predicted molar refractivity (Wildman–Crippen MR) is 85.4 cm³/mol. The molecule has 1 unspecified atom stereocenters. The van der Waals surface area contributed by atoms with Crippen molar-refractivity contribution in [2.24, 2.45) is 0 Å². The second-order valence-corrected chi connectivity index (χ2v) is 5.36. The molecule has 0 aliphatic heterocycles. The van der Waals surface area contributed by atoms with E-state index in [0.717, 1.165) is 11.4 Å². The molecule has 4 heteroatoms. The van der Waals surface area contributed by atoms with Gasteiger partial charge in [-0.15, -0.1) is 0 Å². The summed E-state index contributed by atoms with van der Waals surface area (Å²) in [5, 5.41) is 10.2. The summed E-state index contributed by atoms with van der Waals surface area (Å²) >= 11 is 0. The van der Waals surface area contributed by atoms with E-state index in [-0.39, 0.29) is 5.82 Å². The molecule has 0 saturated heterocycles. The summed E-state index contributed by atoms with van der Waals surface area (Å²) in [6.45, 7) is 0.451. The molecule has 0 fully saturated rings. The lowest BCUT2D eigenvalue weighted by Crippen LogP contribution is -2.24. The predicted octanol–water partition coefficient (Wildman–Crippen LogP) is 3.06. The first-order valence-corrected chi connectivity index (χ1v) is 6.89. The van der Waals surface area contributed by atoms with E-state index in [1.54, 1.807) is 12.1 Å². The van der Waals surface area contributed by atoms with Crippen molar-refractivity contribution >= 4 is 11.4 Å². The fourth-order valence-corrected chi connectivity index (χ4v) is 2.16. The minimum atomic E-state index is -0.649. The quantitative estimate of drug-likeness (QED) is 0.916. The van der Waals surface area contributed by atoms with Gasteiger partial charge in [-0.3, -0.25) is 0 Å². The first kappa shape index (κ1) is 15.3. The number of hydrogen-bond acceptors (Lipinski definition) is 3. The summed E-state index contributed by atoms with van der Waals surface area (Å²) in [6, 6.07) is 14.1. The molecule has 0 amide bonds. The van der Waals surface area contributed by atoms with Gasteiger partial charge in [0.2, 0.25) is 0 Å². The highest BCUT2D eigenvalue weighted by Gasteiger charge is 2.11. The van der Waals surface area contributed by atoms with Crippen molar-refractivity contribution in [3.63, 3.8) is 0 Å². The van der Waals surface area contributed by atoms with Crippen LogP contribution in [0.3, 0.4) is 0 Å². The van der Waals surface area contributed by atoms with Crippen LogP contribution in [-0.2, 0) is 0 Å². The van der Waals surface area contributed by atoms with Gasteiger partial charge >= 0.3 is 0 Å². The van der Waals surface area contributed by atoms with Crippen LogP contribution in [0.2, 0.25) is 0 Å². The maximum absolute atomic E-state index is 12.9. The van der Waals surface area contributed by atoms with Crippen molar-refractivity contribution in [2.45, 2.75) is 6.10 Å². The molecule has 0 radical (unpaired) electrons. The van der Waals surface area contributed by atoms with E-state index in [1.807, 2.05) is 55.2 Å². The van der Waals surface area contributed by atoms with Gasteiger partial charge in [0.1, 0.15) is 5.82 Å². The van der Waals surface area contributed by atoms with Gasteiger partial charge in [0.05, 0.1) is 6.10 Å². The minimum absolute atomic E-state index is 0.293. The Bertz CT molecular complexity index is 566. The number of benzene rings is 2. The van der Waals surface area contributed by atoms with Crippen LogP contribution in [0.25, 0.3) is 0 Å². The van der Waals surface area contributed by atoms with Crippen LogP contribution < -0.4 is 9.80 Å².